The summed E-state index contributed by atoms with van der Waals surface area (Å²) >= 11 is 0. The van der Waals surface area contributed by atoms with Crippen LogP contribution in [0.1, 0.15) is 26.2 Å². The van der Waals surface area contributed by atoms with Crippen LogP contribution in [0.4, 0.5) is 0 Å². The minimum absolute atomic E-state index is 0.843. The molecule has 0 saturated heterocycles. The van der Waals surface area contributed by atoms with Gasteiger partial charge in [-0.25, -0.2) is 0 Å². The fourth-order valence-corrected chi connectivity index (χ4v) is 1.86. The average molecular weight is 150 g/mol. The topological polar surface area (TPSA) is 9.23 Å². The van der Waals surface area contributed by atoms with Gasteiger partial charge in [-0.05, 0) is 42.4 Å². The maximum atomic E-state index is 5.25. The Bertz CT molecular complexity index is 213. The van der Waals surface area contributed by atoms with Gasteiger partial charge in [0.25, 0.3) is 0 Å². The molecule has 60 valence electrons. The summed E-state index contributed by atoms with van der Waals surface area (Å²) in [5.41, 5.74) is 3.07. The van der Waals surface area contributed by atoms with E-state index >= 15 is 0 Å². The van der Waals surface area contributed by atoms with Gasteiger partial charge in [0.2, 0.25) is 0 Å². The molecular formula is C10H14O. The highest BCUT2D eigenvalue weighted by atomic mass is 16.5. The Balaban J connectivity index is 2.19. The lowest BCUT2D eigenvalue weighted by Gasteiger charge is -2.25. The predicted octanol–water partition coefficient (Wildman–Crippen LogP) is 2.65. The first-order chi connectivity index (χ1) is 5.36. The Morgan fingerprint density at radius 1 is 1.55 bits per heavy atom. The molecule has 0 aromatic carbocycles. The van der Waals surface area contributed by atoms with Gasteiger partial charge in [-0.3, -0.25) is 0 Å². The number of hydrogen-bond donors (Lipinski definition) is 0. The molecule has 1 aliphatic carbocycles. The van der Waals surface area contributed by atoms with Crippen LogP contribution in [0.25, 0.3) is 0 Å². The molecule has 1 heterocycles. The second-order valence-electron chi connectivity index (χ2n) is 3.59. The number of rotatable bonds is 0. The van der Waals surface area contributed by atoms with E-state index in [-0.39, 0.29) is 0 Å². The lowest BCUT2D eigenvalue weighted by molar-refractivity contribution is 0.259. The second kappa shape index (κ2) is 2.72. The first-order valence-corrected chi connectivity index (χ1v) is 4.35. The number of hydrogen-bond acceptors (Lipinski definition) is 1. The third kappa shape index (κ3) is 1.32. The molecule has 0 saturated carbocycles. The maximum Gasteiger partial charge on any atom is 0.109 e. The van der Waals surface area contributed by atoms with Gasteiger partial charge in [-0.1, -0.05) is 6.92 Å². The molecule has 0 radical (unpaired) electrons. The van der Waals surface area contributed by atoms with Gasteiger partial charge < -0.3 is 4.74 Å². The van der Waals surface area contributed by atoms with Gasteiger partial charge >= 0.3 is 0 Å². The van der Waals surface area contributed by atoms with Gasteiger partial charge in [0.15, 0.2) is 0 Å². The van der Waals surface area contributed by atoms with Gasteiger partial charge in [0, 0.05) is 0 Å². The maximum absolute atomic E-state index is 5.25. The fourth-order valence-electron chi connectivity index (χ4n) is 1.86. The Hall–Kier alpha value is -0.720. The Kier molecular flexibility index (Phi) is 1.72. The molecule has 0 amide bonds. The van der Waals surface area contributed by atoms with Crippen LogP contribution in [0, 0.1) is 5.92 Å². The summed E-state index contributed by atoms with van der Waals surface area (Å²) in [7, 11) is 0. The van der Waals surface area contributed by atoms with E-state index in [0.717, 1.165) is 12.5 Å². The molecule has 0 fully saturated rings. The molecule has 0 N–H and O–H groups in total. The van der Waals surface area contributed by atoms with E-state index in [1.807, 2.05) is 6.26 Å². The fraction of sp³-hybridized carbons (Fsp3) is 0.600. The van der Waals surface area contributed by atoms with E-state index in [1.54, 1.807) is 0 Å². The van der Waals surface area contributed by atoms with Crippen molar-refractivity contribution in [1.82, 2.24) is 0 Å². The van der Waals surface area contributed by atoms with Crippen molar-refractivity contribution in [3.8, 4) is 0 Å². The summed E-state index contributed by atoms with van der Waals surface area (Å²) < 4.78 is 5.25. The molecule has 1 heteroatoms. The molecule has 11 heavy (non-hydrogen) atoms. The number of allylic oxidation sites excluding steroid dienone is 2. The highest BCUT2D eigenvalue weighted by Gasteiger charge is 2.18. The van der Waals surface area contributed by atoms with Gasteiger partial charge in [0.1, 0.15) is 6.61 Å². The van der Waals surface area contributed by atoms with Crippen LogP contribution in [0.2, 0.25) is 0 Å². The van der Waals surface area contributed by atoms with E-state index in [2.05, 4.69) is 13.0 Å². The van der Waals surface area contributed by atoms with Crippen LogP contribution < -0.4 is 0 Å². The van der Waals surface area contributed by atoms with Gasteiger partial charge in [-0.2, -0.15) is 0 Å². The first-order valence-electron chi connectivity index (χ1n) is 4.35. The summed E-state index contributed by atoms with van der Waals surface area (Å²) in [5, 5.41) is 0. The average Bonchev–Trinajstić information content (AvgIpc) is 2.04. The molecule has 1 unspecified atom stereocenters. The molecule has 0 spiro atoms. The van der Waals surface area contributed by atoms with E-state index < -0.39 is 0 Å². The lowest BCUT2D eigenvalue weighted by atomic mass is 9.85. The highest BCUT2D eigenvalue weighted by molar-refractivity contribution is 5.29. The summed E-state index contributed by atoms with van der Waals surface area (Å²) in [6.07, 6.45) is 7.82. The first kappa shape index (κ1) is 6.96. The molecule has 0 aromatic heterocycles. The normalized spacial score (nSPS) is 29.7. The lowest BCUT2D eigenvalue weighted by Crippen LogP contribution is -2.12. The quantitative estimate of drug-likeness (QED) is 0.516. The number of ether oxygens (including phenoxy) is 1. The summed E-state index contributed by atoms with van der Waals surface area (Å²) in [4.78, 5) is 0. The van der Waals surface area contributed by atoms with Crippen LogP contribution in [-0.2, 0) is 4.74 Å². The van der Waals surface area contributed by atoms with Crippen molar-refractivity contribution in [1.29, 1.82) is 0 Å². The Morgan fingerprint density at radius 3 is 3.36 bits per heavy atom. The molecule has 2 rings (SSSR count). The minimum Gasteiger partial charge on any atom is -0.497 e. The van der Waals surface area contributed by atoms with Crippen molar-refractivity contribution in [2.75, 3.05) is 6.61 Å². The largest absolute Gasteiger partial charge is 0.497 e. The monoisotopic (exact) mass is 150 g/mol. The van der Waals surface area contributed by atoms with Gasteiger partial charge in [0.05, 0.1) is 6.26 Å². The van der Waals surface area contributed by atoms with Crippen molar-refractivity contribution in [3.63, 3.8) is 0 Å². The zero-order valence-corrected chi connectivity index (χ0v) is 6.97. The summed E-state index contributed by atoms with van der Waals surface area (Å²) in [5.74, 6) is 0.865. The van der Waals surface area contributed by atoms with Crippen LogP contribution in [0.3, 0.4) is 0 Å². The summed E-state index contributed by atoms with van der Waals surface area (Å²) in [6, 6.07) is 0. The smallest absolute Gasteiger partial charge is 0.109 e. The highest BCUT2D eigenvalue weighted by Crippen LogP contribution is 2.31. The van der Waals surface area contributed by atoms with E-state index in [9.17, 15) is 0 Å². The molecule has 1 aliphatic heterocycles. The van der Waals surface area contributed by atoms with Crippen molar-refractivity contribution in [3.05, 3.63) is 23.5 Å². The molecule has 1 nitrogen and oxygen atoms in total. The van der Waals surface area contributed by atoms with Crippen LogP contribution in [0.15, 0.2) is 23.5 Å². The Labute approximate surface area is 67.7 Å². The van der Waals surface area contributed by atoms with Crippen LogP contribution in [-0.4, -0.2) is 6.61 Å². The molecule has 0 aromatic rings. The summed E-state index contributed by atoms with van der Waals surface area (Å²) in [6.45, 7) is 3.16. The molecule has 0 bridgehead atoms. The van der Waals surface area contributed by atoms with E-state index in [1.165, 1.54) is 30.4 Å². The molecule has 2 aliphatic rings. The van der Waals surface area contributed by atoms with E-state index in [0.29, 0.717) is 0 Å². The van der Waals surface area contributed by atoms with Crippen molar-refractivity contribution in [2.24, 2.45) is 5.92 Å². The van der Waals surface area contributed by atoms with Crippen LogP contribution >= 0.6 is 0 Å². The van der Waals surface area contributed by atoms with Crippen molar-refractivity contribution in [2.45, 2.75) is 26.2 Å². The van der Waals surface area contributed by atoms with Crippen LogP contribution in [0.5, 0.6) is 0 Å². The molecule has 1 atom stereocenters. The Morgan fingerprint density at radius 2 is 2.45 bits per heavy atom. The predicted molar refractivity (Wildman–Crippen MR) is 45.1 cm³/mol. The van der Waals surface area contributed by atoms with Gasteiger partial charge in [-0.15, -0.1) is 0 Å². The third-order valence-corrected chi connectivity index (χ3v) is 2.58. The van der Waals surface area contributed by atoms with Crippen molar-refractivity contribution >= 4 is 0 Å². The second-order valence-corrected chi connectivity index (χ2v) is 3.59. The zero-order chi connectivity index (χ0) is 7.68. The third-order valence-electron chi connectivity index (χ3n) is 2.58. The SMILES string of the molecule is CC1CCC2=C(COC=C2)C1. The zero-order valence-electron chi connectivity index (χ0n) is 6.97. The standard InChI is InChI=1S/C10H14O/c1-8-2-3-9-4-5-11-7-10(9)6-8/h4-5,8H,2-3,6-7H2,1H3. The van der Waals surface area contributed by atoms with E-state index in [4.69, 9.17) is 4.74 Å². The minimum atomic E-state index is 0.843. The van der Waals surface area contributed by atoms with Crippen molar-refractivity contribution < 1.29 is 4.74 Å². The molecular weight excluding hydrogens is 136 g/mol.